The van der Waals surface area contributed by atoms with E-state index in [1.807, 2.05) is 0 Å². The predicted octanol–water partition coefficient (Wildman–Crippen LogP) is 5.36. The number of hydrogen-bond acceptors (Lipinski definition) is 0. The van der Waals surface area contributed by atoms with Gasteiger partial charge in [0.25, 0.3) is 0 Å². The molecule has 1 saturated carbocycles. The largest absolute Gasteiger partial charge is 0.123 e. The number of aryl methyl sites for hydroxylation is 1. The van der Waals surface area contributed by atoms with Crippen LogP contribution in [0.15, 0.2) is 24.3 Å². The van der Waals surface area contributed by atoms with Gasteiger partial charge in [-0.05, 0) is 50.0 Å². The van der Waals surface area contributed by atoms with Crippen LogP contribution in [0.2, 0.25) is 0 Å². The summed E-state index contributed by atoms with van der Waals surface area (Å²) in [7, 11) is 0. The van der Waals surface area contributed by atoms with E-state index in [4.69, 9.17) is 11.6 Å². The van der Waals surface area contributed by atoms with E-state index >= 15 is 0 Å². The van der Waals surface area contributed by atoms with E-state index in [1.165, 1.54) is 43.2 Å². The fraction of sp³-hybridized carbons (Fsp3) is 0.647. The second kappa shape index (κ2) is 6.61. The highest BCUT2D eigenvalue weighted by atomic mass is 35.5. The van der Waals surface area contributed by atoms with Gasteiger partial charge in [0.15, 0.2) is 0 Å². The van der Waals surface area contributed by atoms with Crippen molar-refractivity contribution in [3.63, 3.8) is 0 Å². The Hall–Kier alpha value is -0.490. The van der Waals surface area contributed by atoms with Crippen LogP contribution in [0.3, 0.4) is 0 Å². The lowest BCUT2D eigenvalue weighted by atomic mass is 9.76. The van der Waals surface area contributed by atoms with E-state index < -0.39 is 0 Å². The van der Waals surface area contributed by atoms with Crippen LogP contribution >= 0.6 is 11.6 Å². The molecule has 3 atom stereocenters. The lowest BCUT2D eigenvalue weighted by Gasteiger charge is -2.33. The van der Waals surface area contributed by atoms with Crippen molar-refractivity contribution in [1.82, 2.24) is 0 Å². The smallest absolute Gasteiger partial charge is 0.0367 e. The first-order chi connectivity index (χ1) is 8.69. The van der Waals surface area contributed by atoms with Crippen LogP contribution in [0.1, 0.15) is 50.2 Å². The Kier molecular flexibility index (Phi) is 5.12. The fourth-order valence-corrected chi connectivity index (χ4v) is 3.55. The molecule has 0 amide bonds. The van der Waals surface area contributed by atoms with Gasteiger partial charge in [-0.25, -0.2) is 0 Å². The Labute approximate surface area is 117 Å². The van der Waals surface area contributed by atoms with Crippen molar-refractivity contribution in [3.05, 3.63) is 35.4 Å². The molecule has 0 heterocycles. The monoisotopic (exact) mass is 264 g/mol. The quantitative estimate of drug-likeness (QED) is 0.642. The standard InChI is InChI=1S/C17H25Cl/c1-3-4-14-9-10-17(18)16(11-14)12-15-7-5-13(2)6-8-15/h5-8,14,16-17H,3-4,9-12H2,1-2H3. The predicted molar refractivity (Wildman–Crippen MR) is 80.3 cm³/mol. The van der Waals surface area contributed by atoms with Gasteiger partial charge in [0, 0.05) is 5.38 Å². The molecule has 1 aromatic rings. The van der Waals surface area contributed by atoms with Gasteiger partial charge in [0.1, 0.15) is 0 Å². The first-order valence-corrected chi connectivity index (χ1v) is 7.82. The molecule has 0 saturated heterocycles. The Bertz CT molecular complexity index is 354. The summed E-state index contributed by atoms with van der Waals surface area (Å²) in [4.78, 5) is 0. The maximum atomic E-state index is 6.53. The molecule has 2 rings (SSSR count). The van der Waals surface area contributed by atoms with Crippen molar-refractivity contribution < 1.29 is 0 Å². The second-order valence-corrected chi connectivity index (χ2v) is 6.49. The maximum Gasteiger partial charge on any atom is 0.0367 e. The second-order valence-electron chi connectivity index (χ2n) is 5.93. The molecule has 0 aromatic heterocycles. The third kappa shape index (κ3) is 3.75. The minimum atomic E-state index is 0.388. The van der Waals surface area contributed by atoms with Gasteiger partial charge in [0.2, 0.25) is 0 Å². The fourth-order valence-electron chi connectivity index (χ4n) is 3.23. The van der Waals surface area contributed by atoms with Crippen molar-refractivity contribution in [2.24, 2.45) is 11.8 Å². The zero-order valence-electron chi connectivity index (χ0n) is 11.7. The van der Waals surface area contributed by atoms with Gasteiger partial charge in [0.05, 0.1) is 0 Å². The van der Waals surface area contributed by atoms with Gasteiger partial charge in [-0.3, -0.25) is 0 Å². The number of halogens is 1. The van der Waals surface area contributed by atoms with Crippen LogP contribution in [-0.4, -0.2) is 5.38 Å². The summed E-state index contributed by atoms with van der Waals surface area (Å²) < 4.78 is 0. The van der Waals surface area contributed by atoms with E-state index in [0.29, 0.717) is 11.3 Å². The molecule has 3 unspecified atom stereocenters. The number of alkyl halides is 1. The first kappa shape index (κ1) is 13.9. The van der Waals surface area contributed by atoms with Crippen molar-refractivity contribution in [1.29, 1.82) is 0 Å². The van der Waals surface area contributed by atoms with Gasteiger partial charge in [-0.15, -0.1) is 11.6 Å². The SMILES string of the molecule is CCCC1CCC(Cl)C(Cc2ccc(C)cc2)C1. The zero-order valence-corrected chi connectivity index (χ0v) is 12.4. The van der Waals surface area contributed by atoms with Crippen LogP contribution in [-0.2, 0) is 6.42 Å². The topological polar surface area (TPSA) is 0 Å². The lowest BCUT2D eigenvalue weighted by molar-refractivity contribution is 0.257. The first-order valence-electron chi connectivity index (χ1n) is 7.38. The Morgan fingerprint density at radius 3 is 2.56 bits per heavy atom. The normalized spacial score (nSPS) is 28.3. The van der Waals surface area contributed by atoms with Gasteiger partial charge in [-0.1, -0.05) is 49.6 Å². The Morgan fingerprint density at radius 1 is 1.17 bits per heavy atom. The minimum Gasteiger partial charge on any atom is -0.123 e. The van der Waals surface area contributed by atoms with Crippen LogP contribution in [0.5, 0.6) is 0 Å². The molecule has 18 heavy (non-hydrogen) atoms. The zero-order chi connectivity index (χ0) is 13.0. The Morgan fingerprint density at radius 2 is 1.89 bits per heavy atom. The van der Waals surface area contributed by atoms with E-state index in [9.17, 15) is 0 Å². The molecular weight excluding hydrogens is 240 g/mol. The molecule has 0 aliphatic heterocycles. The third-order valence-electron chi connectivity index (χ3n) is 4.31. The summed E-state index contributed by atoms with van der Waals surface area (Å²) in [6, 6.07) is 8.96. The molecule has 100 valence electrons. The minimum absolute atomic E-state index is 0.388. The molecule has 0 N–H and O–H groups in total. The summed E-state index contributed by atoms with van der Waals surface area (Å²) in [5.41, 5.74) is 2.79. The average Bonchev–Trinajstić information content (AvgIpc) is 2.36. The molecule has 0 radical (unpaired) electrons. The average molecular weight is 265 g/mol. The third-order valence-corrected chi connectivity index (χ3v) is 4.89. The molecular formula is C17H25Cl. The number of hydrogen-bond donors (Lipinski definition) is 0. The summed E-state index contributed by atoms with van der Waals surface area (Å²) in [6.07, 6.45) is 7.74. The number of rotatable bonds is 4. The summed E-state index contributed by atoms with van der Waals surface area (Å²) in [5.74, 6) is 1.60. The van der Waals surface area contributed by atoms with Crippen LogP contribution in [0.4, 0.5) is 0 Å². The molecule has 0 bridgehead atoms. The Balaban J connectivity index is 1.95. The van der Waals surface area contributed by atoms with Gasteiger partial charge >= 0.3 is 0 Å². The molecule has 0 spiro atoms. The number of benzene rings is 1. The van der Waals surface area contributed by atoms with E-state index in [2.05, 4.69) is 38.1 Å². The highest BCUT2D eigenvalue weighted by Gasteiger charge is 2.28. The summed E-state index contributed by atoms with van der Waals surface area (Å²) >= 11 is 6.53. The highest BCUT2D eigenvalue weighted by molar-refractivity contribution is 6.20. The van der Waals surface area contributed by atoms with Crippen LogP contribution < -0.4 is 0 Å². The van der Waals surface area contributed by atoms with E-state index in [0.717, 1.165) is 12.3 Å². The molecule has 0 nitrogen and oxygen atoms in total. The maximum absolute atomic E-state index is 6.53. The summed E-state index contributed by atoms with van der Waals surface area (Å²) in [6.45, 7) is 4.44. The van der Waals surface area contributed by atoms with Gasteiger partial charge < -0.3 is 0 Å². The van der Waals surface area contributed by atoms with Crippen LogP contribution in [0.25, 0.3) is 0 Å². The molecule has 1 heteroatoms. The lowest BCUT2D eigenvalue weighted by Crippen LogP contribution is -2.27. The summed E-state index contributed by atoms with van der Waals surface area (Å²) in [5, 5.41) is 0.388. The molecule has 1 aliphatic rings. The van der Waals surface area contributed by atoms with E-state index in [1.54, 1.807) is 0 Å². The highest BCUT2D eigenvalue weighted by Crippen LogP contribution is 2.36. The van der Waals surface area contributed by atoms with Crippen molar-refractivity contribution in [2.75, 3.05) is 0 Å². The molecule has 1 aromatic carbocycles. The molecule has 1 aliphatic carbocycles. The van der Waals surface area contributed by atoms with Crippen molar-refractivity contribution in [3.8, 4) is 0 Å². The van der Waals surface area contributed by atoms with Crippen LogP contribution in [0, 0.1) is 18.8 Å². The van der Waals surface area contributed by atoms with Gasteiger partial charge in [-0.2, -0.15) is 0 Å². The molecule has 1 fully saturated rings. The van der Waals surface area contributed by atoms with Crippen molar-refractivity contribution >= 4 is 11.6 Å². The van der Waals surface area contributed by atoms with Crippen molar-refractivity contribution in [2.45, 2.75) is 57.7 Å². The van der Waals surface area contributed by atoms with E-state index in [-0.39, 0.29) is 0 Å².